The zero-order chi connectivity index (χ0) is 28.1. The molecule has 38 heavy (non-hydrogen) atoms. The van der Waals surface area contributed by atoms with E-state index in [-0.39, 0.29) is 18.0 Å². The summed E-state index contributed by atoms with van der Waals surface area (Å²) in [6.07, 6.45) is 10.1. The summed E-state index contributed by atoms with van der Waals surface area (Å²) in [5.74, 6) is 2.02. The van der Waals surface area contributed by atoms with E-state index in [0.717, 1.165) is 80.8 Å². The van der Waals surface area contributed by atoms with Crippen molar-refractivity contribution in [3.8, 4) is 5.75 Å². The molecule has 1 aliphatic carbocycles. The second-order valence-electron chi connectivity index (χ2n) is 10.8. The van der Waals surface area contributed by atoms with E-state index < -0.39 is 5.60 Å². The summed E-state index contributed by atoms with van der Waals surface area (Å²) in [5.41, 5.74) is 7.12. The number of ketones is 1. The maximum Gasteiger partial charge on any atom is 0.158 e. The number of nitrogens with zero attached hydrogens (tertiary/aromatic N) is 1. The smallest absolute Gasteiger partial charge is 0.158 e. The normalized spacial score (nSPS) is 19.1. The van der Waals surface area contributed by atoms with Crippen LogP contribution in [-0.2, 0) is 15.1 Å². The molecule has 1 saturated heterocycles. The zero-order valence-electron chi connectivity index (χ0n) is 23.7. The van der Waals surface area contributed by atoms with Gasteiger partial charge in [0.15, 0.2) is 5.78 Å². The lowest BCUT2D eigenvalue weighted by atomic mass is 9.92. The van der Waals surface area contributed by atoms with Crippen LogP contribution in [0.5, 0.6) is 5.75 Å². The fourth-order valence-corrected chi connectivity index (χ4v) is 4.52. The van der Waals surface area contributed by atoms with E-state index in [1.165, 1.54) is 0 Å². The van der Waals surface area contributed by atoms with Gasteiger partial charge >= 0.3 is 0 Å². The Morgan fingerprint density at radius 1 is 1.18 bits per heavy atom. The number of likely N-dealkylation sites (tertiary alicyclic amines) is 1. The van der Waals surface area contributed by atoms with E-state index in [1.807, 2.05) is 57.2 Å². The van der Waals surface area contributed by atoms with E-state index >= 15 is 0 Å². The number of aliphatic hydroxyl groups excluding tert-OH is 1. The molecule has 1 aliphatic heterocycles. The first-order chi connectivity index (χ1) is 18.0. The molecule has 1 fully saturated rings. The molecule has 1 heterocycles. The predicted molar refractivity (Wildman–Crippen MR) is 153 cm³/mol. The maximum absolute atomic E-state index is 11.8. The molecule has 1 unspecified atom stereocenters. The van der Waals surface area contributed by atoms with Crippen LogP contribution in [0.3, 0.4) is 0 Å². The first kappa shape index (κ1) is 31.6. The highest BCUT2D eigenvalue weighted by atomic mass is 16.5. The first-order valence-electron chi connectivity index (χ1n) is 13.8. The van der Waals surface area contributed by atoms with Gasteiger partial charge < -0.3 is 30.3 Å². The van der Waals surface area contributed by atoms with E-state index in [9.17, 15) is 15.0 Å². The van der Waals surface area contributed by atoms with Crippen molar-refractivity contribution in [3.05, 3.63) is 65.6 Å². The molecule has 3 rings (SSSR count). The largest absolute Gasteiger partial charge is 0.501 e. The number of methoxy groups -OCH3 is 1. The Labute approximate surface area is 229 Å². The topological polar surface area (TPSA) is 105 Å². The van der Waals surface area contributed by atoms with Crippen LogP contribution in [0.2, 0.25) is 0 Å². The molecule has 2 aliphatic rings. The molecule has 0 bridgehead atoms. The van der Waals surface area contributed by atoms with Crippen LogP contribution >= 0.6 is 0 Å². The number of allylic oxidation sites excluding steroid dienone is 5. The number of carbonyl (C=O) groups excluding carboxylic acids is 1. The van der Waals surface area contributed by atoms with Gasteiger partial charge in [0, 0.05) is 38.2 Å². The van der Waals surface area contributed by atoms with Crippen LogP contribution in [0.25, 0.3) is 0 Å². The van der Waals surface area contributed by atoms with Crippen LogP contribution in [0.4, 0.5) is 0 Å². The second-order valence-corrected chi connectivity index (χ2v) is 10.8. The molecule has 0 radical (unpaired) electrons. The Morgan fingerprint density at radius 3 is 2.39 bits per heavy atom. The fraction of sp³-hybridized carbons (Fsp3) is 0.581. The van der Waals surface area contributed by atoms with E-state index in [0.29, 0.717) is 18.5 Å². The summed E-state index contributed by atoms with van der Waals surface area (Å²) in [4.78, 5) is 14.0. The first-order valence-corrected chi connectivity index (χ1v) is 13.8. The van der Waals surface area contributed by atoms with Gasteiger partial charge in [-0.1, -0.05) is 24.8 Å². The highest BCUT2D eigenvalue weighted by Gasteiger charge is 2.26. The van der Waals surface area contributed by atoms with E-state index in [1.54, 1.807) is 7.11 Å². The molecule has 212 valence electrons. The van der Waals surface area contributed by atoms with Crippen LogP contribution in [-0.4, -0.2) is 59.8 Å². The highest BCUT2D eigenvalue weighted by molar-refractivity contribution is 5.95. The molecule has 2 atom stereocenters. The molecule has 7 heteroatoms. The third kappa shape index (κ3) is 11.4. The summed E-state index contributed by atoms with van der Waals surface area (Å²) in [5, 5.41) is 20.2. The minimum atomic E-state index is -0.857. The number of benzene rings is 1. The molecule has 7 nitrogen and oxygen atoms in total. The van der Waals surface area contributed by atoms with Gasteiger partial charge in [0.25, 0.3) is 0 Å². The summed E-state index contributed by atoms with van der Waals surface area (Å²) >= 11 is 0. The van der Waals surface area contributed by atoms with Crippen molar-refractivity contribution in [1.82, 2.24) is 4.90 Å². The van der Waals surface area contributed by atoms with Crippen molar-refractivity contribution in [2.45, 2.75) is 89.9 Å². The monoisotopic (exact) mass is 528 g/mol. The number of unbranched alkanes of at least 4 members (excludes halogenated alkanes) is 1. The number of rotatable bonds is 13. The van der Waals surface area contributed by atoms with Crippen LogP contribution < -0.4 is 10.5 Å². The second kappa shape index (κ2) is 15.7. The number of hydrogen-bond acceptors (Lipinski definition) is 7. The molecular formula is C31H48N2O5. The van der Waals surface area contributed by atoms with E-state index in [2.05, 4.69) is 11.5 Å². The standard InChI is InChI=1S/C17H27NO3.C14H21NO2/c1-13(2)21-16-6-4-14(5-7-16)17(3,20)9-11-18-10-8-15(19)12-18;1-11(15)5-3-4-6-14(16)12-7-9-13(17-2)10-8-12/h4-7,13,15,19-20H,8-12H2,1-3H3;7,9H,1,3-6,8,10,15H2,2H3/t15-,17?;/m0./s1. The minimum absolute atomic E-state index is 0.151. The van der Waals surface area contributed by atoms with Gasteiger partial charge in [-0.25, -0.2) is 0 Å². The molecule has 0 spiro atoms. The zero-order valence-corrected chi connectivity index (χ0v) is 23.7. The Kier molecular flexibility index (Phi) is 13.1. The number of nitrogens with two attached hydrogens (primary N) is 1. The van der Waals surface area contributed by atoms with Gasteiger partial charge in [-0.2, -0.15) is 0 Å². The summed E-state index contributed by atoms with van der Waals surface area (Å²) in [6.45, 7) is 11.9. The van der Waals surface area contributed by atoms with Crippen LogP contribution in [0.1, 0.15) is 77.7 Å². The molecular weight excluding hydrogens is 480 g/mol. The molecule has 1 aromatic rings. The number of β-amino-alcohol motifs (C(OH)–C–C–N with tert-alkyl or cyclic N) is 1. The Hall–Kier alpha value is -2.61. The van der Waals surface area contributed by atoms with Crippen molar-refractivity contribution >= 4 is 5.78 Å². The van der Waals surface area contributed by atoms with Gasteiger partial charge in [-0.15, -0.1) is 0 Å². The van der Waals surface area contributed by atoms with Crippen molar-refractivity contribution in [2.75, 3.05) is 26.7 Å². The number of carbonyl (C=O) groups is 1. The van der Waals surface area contributed by atoms with Gasteiger partial charge in [-0.05, 0) is 88.6 Å². The van der Waals surface area contributed by atoms with Gasteiger partial charge in [0.2, 0.25) is 0 Å². The summed E-state index contributed by atoms with van der Waals surface area (Å²) in [6, 6.07) is 7.67. The highest BCUT2D eigenvalue weighted by Crippen LogP contribution is 2.27. The Bertz CT molecular complexity index is 950. The average Bonchev–Trinajstić information content (AvgIpc) is 3.31. The molecule has 1 aromatic carbocycles. The quantitative estimate of drug-likeness (QED) is 0.310. The van der Waals surface area contributed by atoms with E-state index in [4.69, 9.17) is 15.2 Å². The SMILES string of the molecule is C=C(N)CCCCC(=O)C1=CC=C(OC)CC1.CC(C)Oc1ccc(C(C)(O)CCN2CC[C@H](O)C2)cc1. The summed E-state index contributed by atoms with van der Waals surface area (Å²) < 4.78 is 10.7. The fourth-order valence-electron chi connectivity index (χ4n) is 4.52. The maximum atomic E-state index is 11.8. The third-order valence-electron chi connectivity index (χ3n) is 6.89. The van der Waals surface area contributed by atoms with Crippen molar-refractivity contribution < 1.29 is 24.5 Å². The number of aliphatic hydroxyl groups is 2. The van der Waals surface area contributed by atoms with Crippen LogP contribution in [0, 0.1) is 0 Å². The average molecular weight is 529 g/mol. The number of ether oxygens (including phenoxy) is 2. The predicted octanol–water partition coefficient (Wildman–Crippen LogP) is 4.98. The van der Waals surface area contributed by atoms with Crippen molar-refractivity contribution in [3.63, 3.8) is 0 Å². The molecule has 0 amide bonds. The van der Waals surface area contributed by atoms with Gasteiger partial charge in [0.1, 0.15) is 5.75 Å². The van der Waals surface area contributed by atoms with Gasteiger partial charge in [-0.3, -0.25) is 4.79 Å². The summed E-state index contributed by atoms with van der Waals surface area (Å²) in [7, 11) is 1.66. The van der Waals surface area contributed by atoms with Crippen molar-refractivity contribution in [2.24, 2.45) is 5.73 Å². The lowest BCUT2D eigenvalue weighted by Crippen LogP contribution is -2.30. The lowest BCUT2D eigenvalue weighted by Gasteiger charge is -2.27. The molecule has 0 saturated carbocycles. The Balaban J connectivity index is 0.000000273. The van der Waals surface area contributed by atoms with Crippen molar-refractivity contribution in [1.29, 1.82) is 0 Å². The minimum Gasteiger partial charge on any atom is -0.501 e. The molecule has 0 aromatic heterocycles. The Morgan fingerprint density at radius 2 is 1.87 bits per heavy atom. The van der Waals surface area contributed by atoms with Crippen LogP contribution in [0.15, 0.2) is 60.0 Å². The van der Waals surface area contributed by atoms with Gasteiger partial charge in [0.05, 0.1) is 30.7 Å². The lowest BCUT2D eigenvalue weighted by molar-refractivity contribution is -0.115. The molecule has 4 N–H and O–H groups in total. The number of Topliss-reactive ketones (excluding diaryl/α,β-unsaturated/α-hetero) is 1. The number of hydrogen-bond donors (Lipinski definition) is 3. The third-order valence-corrected chi connectivity index (χ3v) is 6.89.